The molecule has 0 saturated carbocycles. The largest absolute Gasteiger partial charge is 0.378 e. The predicted molar refractivity (Wildman–Crippen MR) is 118 cm³/mol. The van der Waals surface area contributed by atoms with Gasteiger partial charge in [0.25, 0.3) is 11.8 Å². The number of hydrogen-bond acceptors (Lipinski definition) is 5. The van der Waals surface area contributed by atoms with Crippen LogP contribution in [0.25, 0.3) is 5.57 Å². The lowest BCUT2D eigenvalue weighted by Crippen LogP contribution is -2.38. The number of ether oxygens (including phenoxy) is 1. The fraction of sp³-hybridized carbons (Fsp3) is 0.227. The zero-order chi connectivity index (χ0) is 20.7. The van der Waals surface area contributed by atoms with Crippen molar-refractivity contribution >= 4 is 51.6 Å². The first kappa shape index (κ1) is 19.4. The maximum atomic E-state index is 13.4. The second kappa shape index (κ2) is 7.91. The maximum absolute atomic E-state index is 13.4. The summed E-state index contributed by atoms with van der Waals surface area (Å²) in [6.07, 6.45) is 0. The van der Waals surface area contributed by atoms with Crippen LogP contribution in [-0.2, 0) is 20.9 Å². The number of fused-ring (bicyclic) bond motifs is 1. The van der Waals surface area contributed by atoms with Gasteiger partial charge in [-0.2, -0.15) is 4.99 Å². The Morgan fingerprint density at radius 3 is 2.53 bits per heavy atom. The van der Waals surface area contributed by atoms with Gasteiger partial charge in [0.2, 0.25) is 0 Å². The molecule has 1 saturated heterocycles. The van der Waals surface area contributed by atoms with E-state index in [1.807, 2.05) is 53.4 Å². The van der Waals surface area contributed by atoms with E-state index in [0.717, 1.165) is 16.8 Å². The van der Waals surface area contributed by atoms with Crippen molar-refractivity contribution in [3.05, 3.63) is 69.6 Å². The quantitative estimate of drug-likeness (QED) is 0.669. The Labute approximate surface area is 183 Å². The number of aliphatic imine (C=N–C) groups is 1. The smallest absolute Gasteiger partial charge is 0.287 e. The molecule has 0 N–H and O–H groups in total. The van der Waals surface area contributed by atoms with Gasteiger partial charge in [-0.15, -0.1) is 0 Å². The van der Waals surface area contributed by atoms with Crippen LogP contribution in [-0.4, -0.2) is 48.2 Å². The number of carbonyl (C=O) groups is 2. The zero-order valence-electron chi connectivity index (χ0n) is 16.0. The van der Waals surface area contributed by atoms with Gasteiger partial charge in [0.15, 0.2) is 5.17 Å². The van der Waals surface area contributed by atoms with E-state index in [2.05, 4.69) is 4.99 Å². The van der Waals surface area contributed by atoms with Crippen molar-refractivity contribution in [2.24, 2.45) is 4.99 Å². The number of para-hydroxylation sites is 1. The third kappa shape index (κ3) is 3.43. The lowest BCUT2D eigenvalue weighted by molar-refractivity contribution is -0.115. The molecule has 1 fully saturated rings. The fourth-order valence-electron chi connectivity index (χ4n) is 3.77. The standard InChI is InChI=1S/C22H18ClN3O3S/c23-15-7-5-14(6-8-15)13-26-17-4-2-1-3-16(17)18(21(26)28)19-20(27)24-22(30-19)25-9-11-29-12-10-25/h1-8H,9-13H2. The molecule has 152 valence electrons. The number of halogens is 1. The van der Waals surface area contributed by atoms with E-state index in [1.165, 1.54) is 11.8 Å². The van der Waals surface area contributed by atoms with Gasteiger partial charge in [0.05, 0.1) is 35.9 Å². The Hall–Kier alpha value is -2.61. The van der Waals surface area contributed by atoms with Crippen LogP contribution in [0.2, 0.25) is 5.02 Å². The second-order valence-corrected chi connectivity index (χ2v) is 8.55. The maximum Gasteiger partial charge on any atom is 0.287 e. The Bertz CT molecular complexity index is 1090. The van der Waals surface area contributed by atoms with Crippen LogP contribution in [0, 0.1) is 0 Å². The predicted octanol–water partition coefficient (Wildman–Crippen LogP) is 3.56. The molecule has 0 unspecified atom stereocenters. The Morgan fingerprint density at radius 1 is 1.03 bits per heavy atom. The van der Waals surface area contributed by atoms with Crippen LogP contribution in [0.4, 0.5) is 5.69 Å². The number of nitrogens with zero attached hydrogens (tertiary/aromatic N) is 3. The molecule has 0 spiro atoms. The number of hydrogen-bond donors (Lipinski definition) is 0. The van der Waals surface area contributed by atoms with Gasteiger partial charge < -0.3 is 14.5 Å². The summed E-state index contributed by atoms with van der Waals surface area (Å²) in [6.45, 7) is 3.00. The van der Waals surface area contributed by atoms with Crippen molar-refractivity contribution in [3.8, 4) is 0 Å². The summed E-state index contributed by atoms with van der Waals surface area (Å²) < 4.78 is 5.38. The molecule has 3 aliphatic rings. The first-order valence-electron chi connectivity index (χ1n) is 9.65. The van der Waals surface area contributed by atoms with Crippen LogP contribution in [0.5, 0.6) is 0 Å². The van der Waals surface area contributed by atoms with Crippen LogP contribution < -0.4 is 4.90 Å². The van der Waals surface area contributed by atoms with E-state index in [9.17, 15) is 9.59 Å². The number of benzene rings is 2. The molecule has 3 heterocycles. The molecule has 0 bridgehead atoms. The molecule has 2 aromatic rings. The zero-order valence-corrected chi connectivity index (χ0v) is 17.6. The van der Waals surface area contributed by atoms with Crippen LogP contribution in [0.3, 0.4) is 0 Å². The van der Waals surface area contributed by atoms with Crippen LogP contribution in [0.15, 0.2) is 58.4 Å². The Balaban J connectivity index is 1.49. The molecule has 2 aromatic carbocycles. The van der Waals surface area contributed by atoms with Crippen molar-refractivity contribution in [2.75, 3.05) is 31.2 Å². The summed E-state index contributed by atoms with van der Waals surface area (Å²) in [5.74, 6) is -0.534. The first-order chi connectivity index (χ1) is 14.6. The number of anilines is 1. The summed E-state index contributed by atoms with van der Waals surface area (Å²) in [7, 11) is 0. The van der Waals surface area contributed by atoms with Crippen molar-refractivity contribution in [1.29, 1.82) is 0 Å². The van der Waals surface area contributed by atoms with Gasteiger partial charge in [0.1, 0.15) is 0 Å². The molecule has 0 radical (unpaired) electrons. The summed E-state index contributed by atoms with van der Waals surface area (Å²) in [4.78, 5) is 34.6. The summed E-state index contributed by atoms with van der Waals surface area (Å²) in [5.41, 5.74) is 2.96. The summed E-state index contributed by atoms with van der Waals surface area (Å²) in [6, 6.07) is 15.0. The van der Waals surface area contributed by atoms with Gasteiger partial charge >= 0.3 is 0 Å². The van der Waals surface area contributed by atoms with E-state index in [4.69, 9.17) is 16.3 Å². The van der Waals surface area contributed by atoms with Gasteiger partial charge in [-0.1, -0.05) is 41.9 Å². The van der Waals surface area contributed by atoms with Gasteiger partial charge in [-0.3, -0.25) is 9.59 Å². The monoisotopic (exact) mass is 439 g/mol. The molecule has 3 aliphatic heterocycles. The number of rotatable bonds is 2. The van der Waals surface area contributed by atoms with Crippen molar-refractivity contribution < 1.29 is 14.3 Å². The molecule has 0 aliphatic carbocycles. The average Bonchev–Trinajstić information content (AvgIpc) is 3.28. The highest BCUT2D eigenvalue weighted by molar-refractivity contribution is 8.18. The fourth-order valence-corrected chi connectivity index (χ4v) is 4.95. The van der Waals surface area contributed by atoms with Crippen LogP contribution in [0.1, 0.15) is 11.1 Å². The lowest BCUT2D eigenvalue weighted by Gasteiger charge is -2.27. The molecule has 30 heavy (non-hydrogen) atoms. The summed E-state index contributed by atoms with van der Waals surface area (Å²) in [5, 5.41) is 1.29. The molecule has 5 rings (SSSR count). The molecule has 0 aromatic heterocycles. The molecule has 2 amide bonds. The molecule has 6 nitrogen and oxygen atoms in total. The molecule has 8 heteroatoms. The van der Waals surface area contributed by atoms with Gasteiger partial charge in [0, 0.05) is 23.7 Å². The first-order valence-corrected chi connectivity index (χ1v) is 10.8. The van der Waals surface area contributed by atoms with E-state index >= 15 is 0 Å². The number of thioether (sulfide) groups is 1. The number of carbonyl (C=O) groups excluding carboxylic acids is 2. The highest BCUT2D eigenvalue weighted by Gasteiger charge is 2.39. The lowest BCUT2D eigenvalue weighted by atomic mass is 10.1. The Morgan fingerprint density at radius 2 is 1.77 bits per heavy atom. The summed E-state index contributed by atoms with van der Waals surface area (Å²) >= 11 is 7.27. The van der Waals surface area contributed by atoms with Gasteiger partial charge in [-0.25, -0.2) is 0 Å². The minimum atomic E-state index is -0.354. The highest BCUT2D eigenvalue weighted by Crippen LogP contribution is 2.44. The van der Waals surface area contributed by atoms with Crippen LogP contribution >= 0.6 is 23.4 Å². The highest BCUT2D eigenvalue weighted by atomic mass is 35.5. The molecular weight excluding hydrogens is 422 g/mol. The van der Waals surface area contributed by atoms with E-state index in [-0.39, 0.29) is 11.8 Å². The average molecular weight is 440 g/mol. The van der Waals surface area contributed by atoms with E-state index in [1.54, 1.807) is 4.90 Å². The number of amides is 2. The van der Waals surface area contributed by atoms with E-state index in [0.29, 0.717) is 53.5 Å². The second-order valence-electron chi connectivity index (χ2n) is 7.14. The number of morpholine rings is 1. The topological polar surface area (TPSA) is 62.2 Å². The normalized spacial score (nSPS) is 21.3. The SMILES string of the molecule is O=C1N=C(N2CCOCC2)SC1=C1C(=O)N(Cc2ccc(Cl)cc2)c2ccccc21. The number of amidine groups is 1. The van der Waals surface area contributed by atoms with Crippen molar-refractivity contribution in [2.45, 2.75) is 6.54 Å². The minimum absolute atomic E-state index is 0.180. The van der Waals surface area contributed by atoms with Crippen molar-refractivity contribution in [3.63, 3.8) is 0 Å². The Kier molecular flexibility index (Phi) is 5.10. The van der Waals surface area contributed by atoms with E-state index < -0.39 is 0 Å². The minimum Gasteiger partial charge on any atom is -0.378 e. The third-order valence-corrected chi connectivity index (χ3v) is 6.64. The third-order valence-electron chi connectivity index (χ3n) is 5.27. The van der Waals surface area contributed by atoms with Gasteiger partial charge in [-0.05, 0) is 35.5 Å². The van der Waals surface area contributed by atoms with Crippen molar-refractivity contribution in [1.82, 2.24) is 4.90 Å². The molecular formula is C22H18ClN3O3S. The molecule has 0 atom stereocenters.